The summed E-state index contributed by atoms with van der Waals surface area (Å²) in [5, 5.41) is 3.65. The lowest BCUT2D eigenvalue weighted by Crippen LogP contribution is -2.56. The molecule has 5 rings (SSSR count). The van der Waals surface area contributed by atoms with E-state index in [9.17, 15) is 4.79 Å². The Balaban J connectivity index is 1.36. The monoisotopic (exact) mass is 478 g/mol. The number of nitrogens with zero attached hydrogens (tertiary/aromatic N) is 1. The number of para-hydroxylation sites is 2. The zero-order chi connectivity index (χ0) is 24.8. The summed E-state index contributed by atoms with van der Waals surface area (Å²) in [6.07, 6.45) is 0.763. The Hall–Kier alpha value is -4.25. The third-order valence-corrected chi connectivity index (χ3v) is 6.55. The first-order chi connectivity index (χ1) is 17.6. The minimum atomic E-state index is -0.736. The topological polar surface area (TPSA) is 50.8 Å². The smallest absolute Gasteiger partial charge is 0.258 e. The Kier molecular flexibility index (Phi) is 6.89. The predicted molar refractivity (Wildman–Crippen MR) is 142 cm³/mol. The standard InChI is InChI=1S/C31H30N2O3/c1-31(25-13-10-16-27(23-25)36-22-21-35-26-14-6-3-7-15-26)32-29-18-9-8-17-28(29)30(34)33(31)20-19-24-11-4-2-5-12-24/h2-18,23,32H,19-22H2,1H3. The third-order valence-electron chi connectivity index (χ3n) is 6.55. The molecule has 1 amide bonds. The molecule has 0 fully saturated rings. The van der Waals surface area contributed by atoms with Gasteiger partial charge in [-0.25, -0.2) is 0 Å². The van der Waals surface area contributed by atoms with Crippen molar-refractivity contribution < 1.29 is 14.3 Å². The summed E-state index contributed by atoms with van der Waals surface area (Å²) in [5.41, 5.74) is 2.94. The van der Waals surface area contributed by atoms with Crippen molar-refractivity contribution in [3.63, 3.8) is 0 Å². The van der Waals surface area contributed by atoms with Crippen molar-refractivity contribution in [1.82, 2.24) is 4.90 Å². The van der Waals surface area contributed by atoms with Crippen LogP contribution in [0.4, 0.5) is 5.69 Å². The molecule has 0 aliphatic carbocycles. The van der Waals surface area contributed by atoms with E-state index in [0.29, 0.717) is 25.3 Å². The van der Waals surface area contributed by atoms with Crippen LogP contribution in [-0.2, 0) is 12.1 Å². The van der Waals surface area contributed by atoms with Crippen molar-refractivity contribution in [2.24, 2.45) is 0 Å². The van der Waals surface area contributed by atoms with Crippen LogP contribution in [0.5, 0.6) is 11.5 Å². The zero-order valence-electron chi connectivity index (χ0n) is 20.4. The van der Waals surface area contributed by atoms with Gasteiger partial charge >= 0.3 is 0 Å². The van der Waals surface area contributed by atoms with Crippen molar-refractivity contribution in [2.75, 3.05) is 25.1 Å². The number of nitrogens with one attached hydrogen (secondary N) is 1. The second kappa shape index (κ2) is 10.6. The minimum Gasteiger partial charge on any atom is -0.490 e. The maximum atomic E-state index is 13.7. The molecule has 36 heavy (non-hydrogen) atoms. The summed E-state index contributed by atoms with van der Waals surface area (Å²) in [5.74, 6) is 1.58. The Bertz CT molecular complexity index is 1310. The first-order valence-corrected chi connectivity index (χ1v) is 12.3. The molecule has 0 spiro atoms. The second-order valence-electron chi connectivity index (χ2n) is 8.97. The average Bonchev–Trinajstić information content (AvgIpc) is 2.92. The maximum absolute atomic E-state index is 13.7. The van der Waals surface area contributed by atoms with Gasteiger partial charge in [-0.2, -0.15) is 0 Å². The van der Waals surface area contributed by atoms with Crippen molar-refractivity contribution in [3.05, 3.63) is 126 Å². The lowest BCUT2D eigenvalue weighted by molar-refractivity contribution is 0.0538. The van der Waals surface area contributed by atoms with E-state index in [1.54, 1.807) is 0 Å². The van der Waals surface area contributed by atoms with Gasteiger partial charge in [-0.05, 0) is 55.3 Å². The van der Waals surface area contributed by atoms with Gasteiger partial charge in [0, 0.05) is 17.8 Å². The van der Waals surface area contributed by atoms with Crippen LogP contribution in [0.25, 0.3) is 0 Å². The maximum Gasteiger partial charge on any atom is 0.258 e. The highest BCUT2D eigenvalue weighted by Crippen LogP contribution is 2.38. The van der Waals surface area contributed by atoms with Gasteiger partial charge in [-0.15, -0.1) is 0 Å². The number of carbonyl (C=O) groups is 1. The summed E-state index contributed by atoms with van der Waals surface area (Å²) in [6, 6.07) is 35.6. The Labute approximate surface area is 212 Å². The SMILES string of the molecule is CC1(c2cccc(OCCOc3ccccc3)c2)Nc2ccccc2C(=O)N1CCc1ccccc1. The molecule has 1 aliphatic rings. The van der Waals surface area contributed by atoms with Crippen LogP contribution < -0.4 is 14.8 Å². The van der Waals surface area contributed by atoms with Crippen molar-refractivity contribution in [3.8, 4) is 11.5 Å². The number of hydrogen-bond donors (Lipinski definition) is 1. The van der Waals surface area contributed by atoms with E-state index in [1.807, 2.05) is 102 Å². The summed E-state index contributed by atoms with van der Waals surface area (Å²) >= 11 is 0. The summed E-state index contributed by atoms with van der Waals surface area (Å²) < 4.78 is 11.8. The highest BCUT2D eigenvalue weighted by atomic mass is 16.5. The van der Waals surface area contributed by atoms with Gasteiger partial charge in [-0.1, -0.05) is 72.8 Å². The van der Waals surface area contributed by atoms with Gasteiger partial charge in [0.15, 0.2) is 0 Å². The van der Waals surface area contributed by atoms with E-state index in [0.717, 1.165) is 29.2 Å². The van der Waals surface area contributed by atoms with Gasteiger partial charge in [0.1, 0.15) is 30.4 Å². The molecular formula is C31H30N2O3. The van der Waals surface area contributed by atoms with Crippen LogP contribution in [0, 0.1) is 0 Å². The van der Waals surface area contributed by atoms with Gasteiger partial charge < -0.3 is 19.7 Å². The van der Waals surface area contributed by atoms with Crippen LogP contribution in [0.2, 0.25) is 0 Å². The second-order valence-corrected chi connectivity index (χ2v) is 8.97. The lowest BCUT2D eigenvalue weighted by atomic mass is 9.93. The van der Waals surface area contributed by atoms with Crippen LogP contribution in [0.15, 0.2) is 109 Å². The molecule has 0 saturated carbocycles. The fourth-order valence-corrected chi connectivity index (χ4v) is 4.62. The van der Waals surface area contributed by atoms with Crippen molar-refractivity contribution >= 4 is 11.6 Å². The molecule has 4 aromatic carbocycles. The number of anilines is 1. The first kappa shape index (κ1) is 23.5. The number of amides is 1. The van der Waals surface area contributed by atoms with Crippen molar-refractivity contribution in [2.45, 2.75) is 19.0 Å². The molecule has 0 bridgehead atoms. The first-order valence-electron chi connectivity index (χ1n) is 12.3. The molecule has 4 aromatic rings. The van der Waals surface area contributed by atoms with Crippen molar-refractivity contribution in [1.29, 1.82) is 0 Å². The molecule has 1 unspecified atom stereocenters. The van der Waals surface area contributed by atoms with E-state index in [2.05, 4.69) is 24.4 Å². The van der Waals surface area contributed by atoms with E-state index in [1.165, 1.54) is 5.56 Å². The number of benzene rings is 4. The largest absolute Gasteiger partial charge is 0.490 e. The average molecular weight is 479 g/mol. The number of carbonyl (C=O) groups excluding carboxylic acids is 1. The fraction of sp³-hybridized carbons (Fsp3) is 0.194. The van der Waals surface area contributed by atoms with Crippen LogP contribution in [0.1, 0.15) is 28.4 Å². The lowest BCUT2D eigenvalue weighted by Gasteiger charge is -2.47. The van der Waals surface area contributed by atoms with Gasteiger partial charge in [0.25, 0.3) is 5.91 Å². The molecule has 5 heteroatoms. The highest BCUT2D eigenvalue weighted by molar-refractivity contribution is 6.02. The molecule has 5 nitrogen and oxygen atoms in total. The number of rotatable bonds is 9. The molecule has 1 heterocycles. The summed E-state index contributed by atoms with van der Waals surface area (Å²) in [4.78, 5) is 15.6. The number of ether oxygens (including phenoxy) is 2. The van der Waals surface area contributed by atoms with Crippen LogP contribution >= 0.6 is 0 Å². The highest BCUT2D eigenvalue weighted by Gasteiger charge is 2.42. The van der Waals surface area contributed by atoms with E-state index in [4.69, 9.17) is 9.47 Å². The molecule has 1 atom stereocenters. The zero-order valence-corrected chi connectivity index (χ0v) is 20.4. The van der Waals surface area contributed by atoms with Crippen LogP contribution in [-0.4, -0.2) is 30.6 Å². The Morgan fingerprint density at radius 2 is 1.39 bits per heavy atom. The summed E-state index contributed by atoms with van der Waals surface area (Å²) in [6.45, 7) is 3.50. The third kappa shape index (κ3) is 5.05. The minimum absolute atomic E-state index is 0.0189. The van der Waals surface area contributed by atoms with E-state index in [-0.39, 0.29) is 5.91 Å². The Morgan fingerprint density at radius 3 is 2.17 bits per heavy atom. The number of hydrogen-bond acceptors (Lipinski definition) is 4. The molecule has 1 N–H and O–H groups in total. The predicted octanol–water partition coefficient (Wildman–Crippen LogP) is 6.13. The van der Waals surface area contributed by atoms with Gasteiger partial charge in [0.2, 0.25) is 0 Å². The molecule has 0 aromatic heterocycles. The van der Waals surface area contributed by atoms with Gasteiger partial charge in [0.05, 0.1) is 5.56 Å². The fourth-order valence-electron chi connectivity index (χ4n) is 4.62. The molecule has 0 saturated heterocycles. The molecule has 182 valence electrons. The van der Waals surface area contributed by atoms with E-state index >= 15 is 0 Å². The molecular weight excluding hydrogens is 448 g/mol. The van der Waals surface area contributed by atoms with E-state index < -0.39 is 5.66 Å². The summed E-state index contributed by atoms with van der Waals surface area (Å²) in [7, 11) is 0. The van der Waals surface area contributed by atoms with Crippen LogP contribution in [0.3, 0.4) is 0 Å². The number of fused-ring (bicyclic) bond motifs is 1. The van der Waals surface area contributed by atoms with Gasteiger partial charge in [-0.3, -0.25) is 4.79 Å². The quantitative estimate of drug-likeness (QED) is 0.294. The normalized spacial score (nSPS) is 16.7. The molecule has 0 radical (unpaired) electrons. The Morgan fingerprint density at radius 1 is 0.750 bits per heavy atom. The molecule has 1 aliphatic heterocycles.